The van der Waals surface area contributed by atoms with Gasteiger partial charge in [0.15, 0.2) is 6.10 Å². The quantitative estimate of drug-likeness (QED) is 0.631. The second kappa shape index (κ2) is 11.0. The lowest BCUT2D eigenvalue weighted by Gasteiger charge is -2.19. The van der Waals surface area contributed by atoms with Gasteiger partial charge >= 0.3 is 11.9 Å². The minimum atomic E-state index is -0.858. The molecule has 2 rings (SSSR count). The van der Waals surface area contributed by atoms with Gasteiger partial charge in [-0.3, -0.25) is 4.79 Å². The highest BCUT2D eigenvalue weighted by atomic mass is 16.5. The van der Waals surface area contributed by atoms with Gasteiger partial charge in [0.25, 0.3) is 5.91 Å². The number of nitrogens with one attached hydrogen (secondary N) is 1. The average Bonchev–Trinajstić information content (AvgIpc) is 2.74. The van der Waals surface area contributed by atoms with Crippen LogP contribution in [0, 0.1) is 0 Å². The van der Waals surface area contributed by atoms with Crippen LogP contribution in [0.15, 0.2) is 48.5 Å². The molecule has 0 heterocycles. The summed E-state index contributed by atoms with van der Waals surface area (Å²) >= 11 is 0. The van der Waals surface area contributed by atoms with Gasteiger partial charge in [-0.05, 0) is 51.5 Å². The van der Waals surface area contributed by atoms with Gasteiger partial charge < -0.3 is 19.5 Å². The smallest absolute Gasteiger partial charge is 0.338 e. The summed E-state index contributed by atoms with van der Waals surface area (Å²) in [6, 6.07) is 13.6. The molecule has 0 spiro atoms. The van der Waals surface area contributed by atoms with Crippen LogP contribution in [0.25, 0.3) is 0 Å². The first kappa shape index (κ1) is 22.9. The summed E-state index contributed by atoms with van der Waals surface area (Å²) < 4.78 is 15.7. The lowest BCUT2D eigenvalue weighted by Crippen LogP contribution is -2.37. The molecule has 2 atom stereocenters. The van der Waals surface area contributed by atoms with Crippen molar-refractivity contribution in [3.05, 3.63) is 65.2 Å². The van der Waals surface area contributed by atoms with E-state index in [1.807, 2.05) is 37.3 Å². The molecular formula is C23H27NO6. The van der Waals surface area contributed by atoms with Gasteiger partial charge in [-0.2, -0.15) is 0 Å². The second-order valence-corrected chi connectivity index (χ2v) is 6.59. The number of ether oxygens (including phenoxy) is 3. The molecular weight excluding hydrogens is 386 g/mol. The molecule has 0 aromatic heterocycles. The standard InChI is InChI=1S/C23H27NO6/c1-5-28-22(26)18-12-19(23(27)29-6-2)14-20(13-18)30-16(4)21(25)24-15(3)17-10-8-7-9-11-17/h7-16H,5-6H2,1-4H3,(H,24,25)/t15-,16+/m0/s1. The Kier molecular flexibility index (Phi) is 8.41. The van der Waals surface area contributed by atoms with Crippen molar-refractivity contribution in [2.75, 3.05) is 13.2 Å². The van der Waals surface area contributed by atoms with Crippen LogP contribution < -0.4 is 10.1 Å². The maximum absolute atomic E-state index is 12.6. The Labute approximate surface area is 176 Å². The van der Waals surface area contributed by atoms with Crippen molar-refractivity contribution < 1.29 is 28.6 Å². The molecule has 0 saturated heterocycles. The van der Waals surface area contributed by atoms with Gasteiger partial charge in [-0.25, -0.2) is 9.59 Å². The van der Waals surface area contributed by atoms with Crippen molar-refractivity contribution in [2.45, 2.75) is 39.8 Å². The summed E-state index contributed by atoms with van der Waals surface area (Å²) in [5, 5.41) is 2.88. The largest absolute Gasteiger partial charge is 0.481 e. The zero-order valence-electron chi connectivity index (χ0n) is 17.6. The van der Waals surface area contributed by atoms with Crippen LogP contribution in [0.4, 0.5) is 0 Å². The summed E-state index contributed by atoms with van der Waals surface area (Å²) in [5.74, 6) is -1.32. The van der Waals surface area contributed by atoms with Gasteiger partial charge in [0, 0.05) is 0 Å². The van der Waals surface area contributed by atoms with Crippen LogP contribution in [0.3, 0.4) is 0 Å². The van der Waals surface area contributed by atoms with E-state index in [0.717, 1.165) is 5.56 Å². The SMILES string of the molecule is CCOC(=O)c1cc(O[C@H](C)C(=O)N[C@@H](C)c2ccccc2)cc(C(=O)OCC)c1. The normalized spacial score (nSPS) is 12.4. The number of hydrogen-bond acceptors (Lipinski definition) is 6. The Hall–Kier alpha value is -3.35. The Balaban J connectivity index is 2.17. The van der Waals surface area contributed by atoms with E-state index in [9.17, 15) is 14.4 Å². The molecule has 0 bridgehead atoms. The molecule has 1 amide bonds. The zero-order valence-corrected chi connectivity index (χ0v) is 17.6. The van der Waals surface area contributed by atoms with Crippen LogP contribution in [-0.4, -0.2) is 37.2 Å². The highest BCUT2D eigenvalue weighted by molar-refractivity contribution is 5.96. The predicted molar refractivity (Wildman–Crippen MR) is 111 cm³/mol. The first-order valence-electron chi connectivity index (χ1n) is 9.87. The summed E-state index contributed by atoms with van der Waals surface area (Å²) in [5.41, 5.74) is 1.25. The molecule has 160 valence electrons. The molecule has 2 aromatic carbocycles. The first-order chi connectivity index (χ1) is 14.3. The van der Waals surface area contributed by atoms with Crippen LogP contribution >= 0.6 is 0 Å². The van der Waals surface area contributed by atoms with Crippen molar-refractivity contribution in [1.82, 2.24) is 5.32 Å². The number of hydrogen-bond donors (Lipinski definition) is 1. The Bertz CT molecular complexity index is 844. The lowest BCUT2D eigenvalue weighted by atomic mass is 10.1. The molecule has 7 nitrogen and oxygen atoms in total. The number of amides is 1. The molecule has 1 N–H and O–H groups in total. The van der Waals surface area contributed by atoms with Crippen LogP contribution in [-0.2, 0) is 14.3 Å². The van der Waals surface area contributed by atoms with E-state index in [1.54, 1.807) is 20.8 Å². The number of carbonyl (C=O) groups is 3. The van der Waals surface area contributed by atoms with Gasteiger partial charge in [0.1, 0.15) is 5.75 Å². The molecule has 0 fully saturated rings. The predicted octanol–water partition coefficient (Wildman–Crippen LogP) is 3.68. The fourth-order valence-corrected chi connectivity index (χ4v) is 2.75. The fraction of sp³-hybridized carbons (Fsp3) is 0.348. The summed E-state index contributed by atoms with van der Waals surface area (Å²) in [4.78, 5) is 36.8. The van der Waals surface area contributed by atoms with E-state index in [2.05, 4.69) is 5.32 Å². The molecule has 2 aromatic rings. The average molecular weight is 413 g/mol. The van der Waals surface area contributed by atoms with Gasteiger partial charge in [0.05, 0.1) is 30.4 Å². The minimum absolute atomic E-state index is 0.141. The first-order valence-corrected chi connectivity index (χ1v) is 9.87. The molecule has 7 heteroatoms. The highest BCUT2D eigenvalue weighted by Gasteiger charge is 2.20. The Morgan fingerprint density at radius 2 is 1.40 bits per heavy atom. The zero-order chi connectivity index (χ0) is 22.1. The number of carbonyl (C=O) groups excluding carboxylic acids is 3. The fourth-order valence-electron chi connectivity index (χ4n) is 2.75. The number of rotatable bonds is 9. The molecule has 0 radical (unpaired) electrons. The molecule has 0 saturated carbocycles. The third kappa shape index (κ3) is 6.34. The maximum Gasteiger partial charge on any atom is 0.338 e. The molecule has 0 unspecified atom stereocenters. The van der Waals surface area contributed by atoms with Crippen molar-refractivity contribution in [2.24, 2.45) is 0 Å². The topological polar surface area (TPSA) is 90.9 Å². The van der Waals surface area contributed by atoms with Crippen LogP contribution in [0.1, 0.15) is 60.0 Å². The van der Waals surface area contributed by atoms with Crippen LogP contribution in [0.5, 0.6) is 5.75 Å². The third-order valence-corrected chi connectivity index (χ3v) is 4.27. The second-order valence-electron chi connectivity index (χ2n) is 6.59. The van der Waals surface area contributed by atoms with Gasteiger partial charge in [-0.1, -0.05) is 30.3 Å². The van der Waals surface area contributed by atoms with E-state index in [-0.39, 0.29) is 42.0 Å². The van der Waals surface area contributed by atoms with E-state index in [0.29, 0.717) is 0 Å². The summed E-state index contributed by atoms with van der Waals surface area (Å²) in [7, 11) is 0. The number of esters is 2. The monoisotopic (exact) mass is 413 g/mol. The van der Waals surface area contributed by atoms with E-state index in [4.69, 9.17) is 14.2 Å². The Morgan fingerprint density at radius 3 is 1.90 bits per heavy atom. The minimum Gasteiger partial charge on any atom is -0.481 e. The highest BCUT2D eigenvalue weighted by Crippen LogP contribution is 2.21. The van der Waals surface area contributed by atoms with Gasteiger partial charge in [-0.15, -0.1) is 0 Å². The van der Waals surface area contributed by atoms with E-state index < -0.39 is 18.0 Å². The number of benzene rings is 2. The van der Waals surface area contributed by atoms with Crippen molar-refractivity contribution in [1.29, 1.82) is 0 Å². The third-order valence-electron chi connectivity index (χ3n) is 4.27. The molecule has 30 heavy (non-hydrogen) atoms. The molecule has 0 aliphatic heterocycles. The van der Waals surface area contributed by atoms with Crippen molar-refractivity contribution >= 4 is 17.8 Å². The van der Waals surface area contributed by atoms with E-state index in [1.165, 1.54) is 18.2 Å². The summed E-state index contributed by atoms with van der Waals surface area (Å²) in [6.07, 6.45) is -0.858. The van der Waals surface area contributed by atoms with Gasteiger partial charge in [0.2, 0.25) is 0 Å². The van der Waals surface area contributed by atoms with E-state index >= 15 is 0 Å². The molecule has 0 aliphatic rings. The van der Waals surface area contributed by atoms with Crippen molar-refractivity contribution in [3.63, 3.8) is 0 Å². The lowest BCUT2D eigenvalue weighted by molar-refractivity contribution is -0.127. The van der Waals surface area contributed by atoms with Crippen LogP contribution in [0.2, 0.25) is 0 Å². The van der Waals surface area contributed by atoms with Crippen molar-refractivity contribution in [3.8, 4) is 5.75 Å². The Morgan fingerprint density at radius 1 is 0.867 bits per heavy atom. The maximum atomic E-state index is 12.6. The summed E-state index contributed by atoms with van der Waals surface area (Å²) in [6.45, 7) is 7.22. The molecule has 0 aliphatic carbocycles.